The molecule has 1 saturated carbocycles. The Balaban J connectivity index is 1.84. The highest BCUT2D eigenvalue weighted by atomic mass is 32.2. The second-order valence-corrected chi connectivity index (χ2v) is 8.67. The minimum Gasteiger partial charge on any atom is -0.309 e. The van der Waals surface area contributed by atoms with Gasteiger partial charge in [0.05, 0.1) is 0 Å². The van der Waals surface area contributed by atoms with Gasteiger partial charge >= 0.3 is 0 Å². The summed E-state index contributed by atoms with van der Waals surface area (Å²) in [5.74, 6) is 4.76. The second-order valence-electron chi connectivity index (χ2n) is 6.17. The van der Waals surface area contributed by atoms with Crippen LogP contribution < -0.4 is 5.32 Å². The van der Waals surface area contributed by atoms with Gasteiger partial charge in [-0.05, 0) is 42.9 Å². The lowest BCUT2D eigenvalue weighted by molar-refractivity contribution is 0.410. The van der Waals surface area contributed by atoms with Crippen LogP contribution in [0.3, 0.4) is 0 Å². The zero-order chi connectivity index (χ0) is 14.5. The van der Waals surface area contributed by atoms with E-state index in [0.29, 0.717) is 6.04 Å². The Morgan fingerprint density at radius 2 is 2.10 bits per heavy atom. The lowest BCUT2D eigenvalue weighted by atomic mass is 9.77. The average Bonchev–Trinajstić information content (AvgIpc) is 2.48. The Morgan fingerprint density at radius 1 is 1.24 bits per heavy atom. The fourth-order valence-corrected chi connectivity index (χ4v) is 6.18. The molecular formula is C18H27NS2. The molecule has 1 aliphatic carbocycles. The van der Waals surface area contributed by atoms with E-state index in [2.05, 4.69) is 60.0 Å². The van der Waals surface area contributed by atoms with Gasteiger partial charge in [-0.2, -0.15) is 23.5 Å². The first kappa shape index (κ1) is 15.8. The summed E-state index contributed by atoms with van der Waals surface area (Å²) in [4.78, 5) is 0. The monoisotopic (exact) mass is 321 g/mol. The molecular weight excluding hydrogens is 294 g/mol. The lowest BCUT2D eigenvalue weighted by Gasteiger charge is -2.35. The van der Waals surface area contributed by atoms with Gasteiger partial charge in [-0.1, -0.05) is 37.6 Å². The Hall–Kier alpha value is -0.120. The highest BCUT2D eigenvalue weighted by Crippen LogP contribution is 2.42. The maximum absolute atomic E-state index is 3.86. The molecule has 2 aliphatic rings. The summed E-state index contributed by atoms with van der Waals surface area (Å²) in [6.45, 7) is 3.40. The van der Waals surface area contributed by atoms with Crippen LogP contribution in [0.5, 0.6) is 0 Å². The summed E-state index contributed by atoms with van der Waals surface area (Å²) in [7, 11) is 0. The summed E-state index contributed by atoms with van der Waals surface area (Å²) in [5.41, 5.74) is 3.23. The van der Waals surface area contributed by atoms with Gasteiger partial charge in [0.2, 0.25) is 0 Å². The molecule has 0 radical (unpaired) electrons. The van der Waals surface area contributed by atoms with Gasteiger partial charge in [0, 0.05) is 28.6 Å². The van der Waals surface area contributed by atoms with Crippen molar-refractivity contribution in [1.29, 1.82) is 0 Å². The van der Waals surface area contributed by atoms with E-state index in [1.807, 2.05) is 0 Å². The van der Waals surface area contributed by atoms with E-state index < -0.39 is 0 Å². The third-order valence-corrected chi connectivity index (χ3v) is 7.57. The van der Waals surface area contributed by atoms with Crippen LogP contribution in [-0.2, 0) is 0 Å². The van der Waals surface area contributed by atoms with Crippen LogP contribution in [0.1, 0.15) is 55.7 Å². The standard InChI is InChI=1S/C18H27NS2/c1-2-10-19-18(17-13-20-11-12-21-17)16-9-4-3-8-15(16)14-6-5-7-14/h3-4,8-9,14,17-19H,2,5-7,10-13H2,1H3. The summed E-state index contributed by atoms with van der Waals surface area (Å²) in [6, 6.07) is 9.79. The molecule has 3 rings (SSSR count). The molecule has 116 valence electrons. The maximum atomic E-state index is 3.86. The number of thioether (sulfide) groups is 2. The summed E-state index contributed by atoms with van der Waals surface area (Å²) >= 11 is 4.31. The average molecular weight is 322 g/mol. The first-order chi connectivity index (χ1) is 10.4. The van der Waals surface area contributed by atoms with E-state index in [-0.39, 0.29) is 0 Å². The van der Waals surface area contributed by atoms with E-state index in [9.17, 15) is 0 Å². The number of nitrogens with one attached hydrogen (secondary N) is 1. The number of hydrogen-bond acceptors (Lipinski definition) is 3. The van der Waals surface area contributed by atoms with Crippen molar-refractivity contribution in [2.45, 2.75) is 49.8 Å². The van der Waals surface area contributed by atoms with Crippen LogP contribution in [0.25, 0.3) is 0 Å². The zero-order valence-corrected chi connectivity index (χ0v) is 14.6. The molecule has 2 atom stereocenters. The molecule has 1 aliphatic heterocycles. The molecule has 1 nitrogen and oxygen atoms in total. The largest absolute Gasteiger partial charge is 0.309 e. The van der Waals surface area contributed by atoms with Gasteiger partial charge in [0.15, 0.2) is 0 Å². The van der Waals surface area contributed by atoms with Crippen LogP contribution in [0, 0.1) is 0 Å². The molecule has 0 amide bonds. The van der Waals surface area contributed by atoms with Crippen molar-refractivity contribution >= 4 is 23.5 Å². The van der Waals surface area contributed by atoms with Crippen molar-refractivity contribution in [3.63, 3.8) is 0 Å². The van der Waals surface area contributed by atoms with Crippen LogP contribution in [0.15, 0.2) is 24.3 Å². The number of rotatable bonds is 6. The van der Waals surface area contributed by atoms with Crippen molar-refractivity contribution in [2.75, 3.05) is 23.8 Å². The number of hydrogen-bond donors (Lipinski definition) is 1. The quantitative estimate of drug-likeness (QED) is 0.805. The molecule has 2 unspecified atom stereocenters. The molecule has 0 bridgehead atoms. The molecule has 1 saturated heterocycles. The van der Waals surface area contributed by atoms with E-state index in [1.54, 1.807) is 11.1 Å². The van der Waals surface area contributed by atoms with Gasteiger partial charge in [-0.3, -0.25) is 0 Å². The van der Waals surface area contributed by atoms with Crippen molar-refractivity contribution in [2.24, 2.45) is 0 Å². The van der Waals surface area contributed by atoms with Crippen molar-refractivity contribution in [3.05, 3.63) is 35.4 Å². The molecule has 3 heteroatoms. The highest BCUT2D eigenvalue weighted by Gasteiger charge is 2.30. The molecule has 21 heavy (non-hydrogen) atoms. The Bertz CT molecular complexity index is 439. The van der Waals surface area contributed by atoms with E-state index >= 15 is 0 Å². The van der Waals surface area contributed by atoms with E-state index in [4.69, 9.17) is 0 Å². The molecule has 0 aromatic heterocycles. The lowest BCUT2D eigenvalue weighted by Crippen LogP contribution is -2.35. The normalized spacial score (nSPS) is 24.5. The molecule has 0 spiro atoms. The van der Waals surface area contributed by atoms with Crippen molar-refractivity contribution < 1.29 is 0 Å². The molecule has 1 heterocycles. The first-order valence-corrected chi connectivity index (χ1v) is 10.6. The fraction of sp³-hybridized carbons (Fsp3) is 0.667. The molecule has 1 aromatic carbocycles. The second kappa shape index (κ2) is 7.94. The minimum absolute atomic E-state index is 0.541. The first-order valence-electron chi connectivity index (χ1n) is 8.41. The Kier molecular flexibility index (Phi) is 5.96. The van der Waals surface area contributed by atoms with Gasteiger partial charge in [0.25, 0.3) is 0 Å². The fourth-order valence-electron chi connectivity index (χ4n) is 3.33. The topological polar surface area (TPSA) is 12.0 Å². The van der Waals surface area contributed by atoms with Crippen LogP contribution >= 0.6 is 23.5 Å². The molecule has 2 fully saturated rings. The van der Waals surface area contributed by atoms with Crippen LogP contribution in [-0.4, -0.2) is 29.1 Å². The Morgan fingerprint density at radius 3 is 2.76 bits per heavy atom. The van der Waals surface area contributed by atoms with Crippen molar-refractivity contribution in [3.8, 4) is 0 Å². The van der Waals surface area contributed by atoms with Gasteiger partial charge in [-0.25, -0.2) is 0 Å². The van der Waals surface area contributed by atoms with Gasteiger partial charge in [0.1, 0.15) is 0 Å². The third-order valence-electron chi connectivity index (χ3n) is 4.70. The zero-order valence-electron chi connectivity index (χ0n) is 13.0. The Labute approximate surface area is 138 Å². The predicted octanol–water partition coefficient (Wildman–Crippen LogP) is 4.84. The van der Waals surface area contributed by atoms with Gasteiger partial charge in [-0.15, -0.1) is 0 Å². The third kappa shape index (κ3) is 3.80. The summed E-state index contributed by atoms with van der Waals surface area (Å²) in [5, 5.41) is 4.60. The maximum Gasteiger partial charge on any atom is 0.0451 e. The summed E-state index contributed by atoms with van der Waals surface area (Å²) in [6.07, 6.45) is 5.42. The highest BCUT2D eigenvalue weighted by molar-refractivity contribution is 8.06. The van der Waals surface area contributed by atoms with Crippen LogP contribution in [0.4, 0.5) is 0 Å². The SMILES string of the molecule is CCCNC(c1ccccc1C1CCC1)C1CSCCS1. The smallest absolute Gasteiger partial charge is 0.0451 e. The molecule has 1 aromatic rings. The minimum atomic E-state index is 0.541. The van der Waals surface area contributed by atoms with Crippen LogP contribution in [0.2, 0.25) is 0 Å². The summed E-state index contributed by atoms with van der Waals surface area (Å²) < 4.78 is 0. The van der Waals surface area contributed by atoms with Crippen molar-refractivity contribution in [1.82, 2.24) is 5.32 Å². The number of benzene rings is 1. The molecule has 1 N–H and O–H groups in total. The van der Waals surface area contributed by atoms with Gasteiger partial charge < -0.3 is 5.32 Å². The predicted molar refractivity (Wildman–Crippen MR) is 97.6 cm³/mol. The van der Waals surface area contributed by atoms with E-state index in [1.165, 1.54) is 42.9 Å². The van der Waals surface area contributed by atoms with E-state index in [0.717, 1.165) is 17.7 Å².